The van der Waals surface area contributed by atoms with Gasteiger partial charge in [0.1, 0.15) is 10.6 Å². The fourth-order valence-corrected chi connectivity index (χ4v) is 6.42. The van der Waals surface area contributed by atoms with Crippen LogP contribution < -0.4 is 15.5 Å². The van der Waals surface area contributed by atoms with Crippen molar-refractivity contribution in [1.29, 1.82) is 0 Å². The van der Waals surface area contributed by atoms with E-state index in [9.17, 15) is 18.0 Å². The van der Waals surface area contributed by atoms with Crippen LogP contribution in [0.15, 0.2) is 29.2 Å². The monoisotopic (exact) mass is 497 g/mol. The average Bonchev–Trinajstić information content (AvgIpc) is 3.16. The number of sulfone groups is 1. The van der Waals surface area contributed by atoms with Gasteiger partial charge in [0.25, 0.3) is 11.8 Å². The topological polar surface area (TPSA) is 144 Å². The van der Waals surface area contributed by atoms with Crippen LogP contribution in [0.25, 0.3) is 0 Å². The van der Waals surface area contributed by atoms with E-state index in [2.05, 4.69) is 10.3 Å². The smallest absolute Gasteiger partial charge is 0.265 e. The molecule has 0 aliphatic carbocycles. The lowest BCUT2D eigenvalue weighted by atomic mass is 9.98. The zero-order chi connectivity index (χ0) is 24.1. The summed E-state index contributed by atoms with van der Waals surface area (Å²) in [6, 6.07) is 5.78. The van der Waals surface area contributed by atoms with Crippen LogP contribution >= 0.6 is 11.3 Å². The summed E-state index contributed by atoms with van der Waals surface area (Å²) in [5, 5.41) is 12.8. The predicted molar refractivity (Wildman–Crippen MR) is 120 cm³/mol. The van der Waals surface area contributed by atoms with Crippen molar-refractivity contribution in [3.05, 3.63) is 39.8 Å². The van der Waals surface area contributed by atoms with Gasteiger partial charge in [0.2, 0.25) is 0 Å². The molecule has 1 aliphatic heterocycles. The minimum atomic E-state index is -4.08. The number of hydrogen-bond donors (Lipinski definition) is 3. The first-order valence-corrected chi connectivity index (χ1v) is 12.7. The van der Waals surface area contributed by atoms with E-state index < -0.39 is 20.5 Å². The highest BCUT2D eigenvalue weighted by Gasteiger charge is 2.52. The van der Waals surface area contributed by atoms with Gasteiger partial charge in [-0.15, -0.1) is 11.3 Å². The van der Waals surface area contributed by atoms with E-state index in [1.54, 1.807) is 6.92 Å². The van der Waals surface area contributed by atoms with Crippen molar-refractivity contribution in [3.63, 3.8) is 0 Å². The van der Waals surface area contributed by atoms with Crippen molar-refractivity contribution in [1.82, 2.24) is 15.8 Å². The molecule has 12 heteroatoms. The largest absolute Gasteiger partial charge is 0.494 e. The lowest BCUT2D eigenvalue weighted by Crippen LogP contribution is -2.54. The standard InChI is InChI=1S/C21H27N3O7S2/c1-14-18(32-15(2)23-14)19(25)22-10-3-11-31-16-4-6-17(7-5-16)33(28,29)21(20(26)24-27)8-12-30-13-9-21/h4-7,27H,3,8-13H2,1-2H3,(H,22,25)(H,24,26). The molecule has 3 N–H and O–H groups in total. The number of nitrogens with one attached hydrogen (secondary N) is 2. The Morgan fingerprint density at radius 3 is 2.45 bits per heavy atom. The van der Waals surface area contributed by atoms with Crippen molar-refractivity contribution >= 4 is 33.0 Å². The molecule has 1 saturated heterocycles. The Morgan fingerprint density at radius 2 is 1.88 bits per heavy atom. The quantitative estimate of drug-likeness (QED) is 0.270. The second-order valence-electron chi connectivity index (χ2n) is 7.63. The third-order valence-electron chi connectivity index (χ3n) is 5.45. The molecule has 180 valence electrons. The maximum absolute atomic E-state index is 13.2. The Labute approximate surface area is 196 Å². The van der Waals surface area contributed by atoms with E-state index in [0.29, 0.717) is 35.9 Å². The Morgan fingerprint density at radius 1 is 1.21 bits per heavy atom. The van der Waals surface area contributed by atoms with Gasteiger partial charge in [-0.1, -0.05) is 0 Å². The number of aryl methyl sites for hydroxylation is 2. The molecule has 0 radical (unpaired) electrons. The van der Waals surface area contributed by atoms with Crippen LogP contribution in [-0.2, 0) is 19.4 Å². The summed E-state index contributed by atoms with van der Waals surface area (Å²) in [5.41, 5.74) is 2.20. The first kappa shape index (κ1) is 25.1. The molecule has 1 aromatic heterocycles. The summed E-state index contributed by atoms with van der Waals surface area (Å²) >= 11 is 1.35. The number of carbonyl (C=O) groups is 2. The Kier molecular flexibility index (Phi) is 8.05. The van der Waals surface area contributed by atoms with Crippen molar-refractivity contribution in [3.8, 4) is 5.75 Å². The van der Waals surface area contributed by atoms with Crippen LogP contribution in [0.4, 0.5) is 0 Å². The summed E-state index contributed by atoms with van der Waals surface area (Å²) in [6.45, 7) is 4.60. The summed E-state index contributed by atoms with van der Waals surface area (Å²) in [4.78, 5) is 29.3. The third kappa shape index (κ3) is 5.35. The first-order valence-electron chi connectivity index (χ1n) is 10.4. The number of hydrogen-bond acceptors (Lipinski definition) is 9. The summed E-state index contributed by atoms with van der Waals surface area (Å²) < 4.78 is 35.5. The number of amides is 2. The van der Waals surface area contributed by atoms with Crippen molar-refractivity contribution in [2.45, 2.75) is 42.8 Å². The van der Waals surface area contributed by atoms with E-state index in [-0.39, 0.29) is 36.9 Å². The number of rotatable bonds is 9. The SMILES string of the molecule is Cc1nc(C)c(C(=O)NCCCOc2ccc(S(=O)(=O)C3(C(=O)NO)CCOCC3)cc2)s1. The van der Waals surface area contributed by atoms with E-state index in [4.69, 9.17) is 14.7 Å². The minimum Gasteiger partial charge on any atom is -0.494 e. The molecule has 1 aromatic carbocycles. The fraction of sp³-hybridized carbons (Fsp3) is 0.476. The number of benzene rings is 1. The number of ether oxygens (including phenoxy) is 2. The maximum atomic E-state index is 13.2. The Bertz CT molecular complexity index is 1090. The summed E-state index contributed by atoms with van der Waals surface area (Å²) in [5.74, 6) is -0.666. The molecule has 10 nitrogen and oxygen atoms in total. The molecule has 0 unspecified atom stereocenters. The lowest BCUT2D eigenvalue weighted by molar-refractivity contribution is -0.134. The van der Waals surface area contributed by atoms with E-state index >= 15 is 0 Å². The predicted octanol–water partition coefficient (Wildman–Crippen LogP) is 1.79. The van der Waals surface area contributed by atoms with Crippen molar-refractivity contribution < 1.29 is 32.7 Å². The molecule has 2 heterocycles. The minimum absolute atomic E-state index is 0.0390. The van der Waals surface area contributed by atoms with Crippen LogP contribution in [0, 0.1) is 13.8 Å². The van der Waals surface area contributed by atoms with Gasteiger partial charge in [-0.2, -0.15) is 0 Å². The van der Waals surface area contributed by atoms with Gasteiger partial charge < -0.3 is 14.8 Å². The Balaban J connectivity index is 1.55. The van der Waals surface area contributed by atoms with Crippen LogP contribution in [0.1, 0.15) is 39.6 Å². The highest BCUT2D eigenvalue weighted by atomic mass is 32.2. The van der Waals surface area contributed by atoms with Gasteiger partial charge in [0, 0.05) is 19.8 Å². The summed E-state index contributed by atoms with van der Waals surface area (Å²) in [6.07, 6.45) is 0.459. The van der Waals surface area contributed by atoms with Crippen LogP contribution in [0.2, 0.25) is 0 Å². The van der Waals surface area contributed by atoms with E-state index in [0.717, 1.165) is 5.01 Å². The molecule has 1 aliphatic rings. The molecule has 0 bridgehead atoms. The third-order valence-corrected chi connectivity index (χ3v) is 9.04. The molecule has 33 heavy (non-hydrogen) atoms. The molecule has 3 rings (SSSR count). The Hall–Kier alpha value is -2.54. The van der Waals surface area contributed by atoms with Crippen LogP contribution in [-0.4, -0.2) is 61.5 Å². The molecule has 1 fully saturated rings. The second kappa shape index (κ2) is 10.6. The molecule has 2 amide bonds. The molecule has 2 aromatic rings. The van der Waals surface area contributed by atoms with Gasteiger partial charge in [-0.3, -0.25) is 14.8 Å². The first-order chi connectivity index (χ1) is 15.7. The lowest BCUT2D eigenvalue weighted by Gasteiger charge is -2.34. The molecular formula is C21H27N3O7S2. The van der Waals surface area contributed by atoms with Gasteiger partial charge in [0.15, 0.2) is 14.6 Å². The number of nitrogens with zero attached hydrogens (tertiary/aromatic N) is 1. The molecule has 0 atom stereocenters. The highest BCUT2D eigenvalue weighted by molar-refractivity contribution is 7.93. The number of carbonyl (C=O) groups excluding carboxylic acids is 2. The summed E-state index contributed by atoms with van der Waals surface area (Å²) in [7, 11) is -4.08. The van der Waals surface area contributed by atoms with Gasteiger partial charge >= 0.3 is 0 Å². The average molecular weight is 498 g/mol. The maximum Gasteiger partial charge on any atom is 0.265 e. The van der Waals surface area contributed by atoms with Crippen LogP contribution in [0.5, 0.6) is 5.75 Å². The molecule has 0 saturated carbocycles. The normalized spacial score (nSPS) is 15.6. The molecule has 0 spiro atoms. The number of thiazole rings is 1. The van der Waals surface area contributed by atoms with Gasteiger partial charge in [-0.05, 0) is 57.4 Å². The van der Waals surface area contributed by atoms with Gasteiger partial charge in [-0.25, -0.2) is 18.9 Å². The van der Waals surface area contributed by atoms with E-state index in [1.807, 2.05) is 6.92 Å². The second-order valence-corrected chi connectivity index (χ2v) is 11.1. The highest BCUT2D eigenvalue weighted by Crippen LogP contribution is 2.35. The van der Waals surface area contributed by atoms with E-state index in [1.165, 1.54) is 41.1 Å². The fourth-order valence-electron chi connectivity index (χ4n) is 3.65. The zero-order valence-corrected chi connectivity index (χ0v) is 20.1. The van der Waals surface area contributed by atoms with Crippen molar-refractivity contribution in [2.75, 3.05) is 26.4 Å². The number of aromatic nitrogens is 1. The van der Waals surface area contributed by atoms with Crippen LogP contribution in [0.3, 0.4) is 0 Å². The zero-order valence-electron chi connectivity index (χ0n) is 18.4. The van der Waals surface area contributed by atoms with Gasteiger partial charge in [0.05, 0.1) is 22.2 Å². The van der Waals surface area contributed by atoms with Crippen molar-refractivity contribution in [2.24, 2.45) is 0 Å². The number of hydroxylamine groups is 1. The molecular weight excluding hydrogens is 470 g/mol.